The van der Waals surface area contributed by atoms with Crippen LogP contribution in [-0.4, -0.2) is 20.7 Å². The number of nitrogens with two attached hydrogens (primary N) is 1. The van der Waals surface area contributed by atoms with Crippen molar-refractivity contribution in [3.8, 4) is 11.3 Å². The molecule has 7 heteroatoms. The highest BCUT2D eigenvalue weighted by Crippen LogP contribution is 2.26. The van der Waals surface area contributed by atoms with Crippen molar-refractivity contribution in [3.63, 3.8) is 0 Å². The van der Waals surface area contributed by atoms with E-state index in [0.29, 0.717) is 11.3 Å². The first kappa shape index (κ1) is 11.4. The van der Waals surface area contributed by atoms with E-state index in [9.17, 15) is 13.2 Å². The number of anilines is 1. The number of pyridine rings is 1. The first-order chi connectivity index (χ1) is 7.97. The van der Waals surface area contributed by atoms with Gasteiger partial charge in [-0.3, -0.25) is 0 Å². The average molecular weight is 242 g/mol. The first-order valence-electron chi connectivity index (χ1n) is 4.75. The van der Waals surface area contributed by atoms with Crippen LogP contribution in [-0.2, 0) is 6.54 Å². The van der Waals surface area contributed by atoms with Gasteiger partial charge in [0, 0.05) is 11.8 Å². The summed E-state index contributed by atoms with van der Waals surface area (Å²) in [6.45, 7) is -1.10. The van der Waals surface area contributed by atoms with E-state index in [1.807, 2.05) is 0 Å². The molecule has 0 saturated carbocycles. The van der Waals surface area contributed by atoms with Gasteiger partial charge in [-0.05, 0) is 12.1 Å². The standard InChI is InChI=1S/C10H9F3N4/c11-10(12,13)5-17-6-15-4-8(17)7-2-1-3-16-9(7)14/h1-4,6H,5H2,(H2,14,16). The molecule has 0 aliphatic rings. The minimum absolute atomic E-state index is 0.177. The molecule has 0 fully saturated rings. The third-order valence-electron chi connectivity index (χ3n) is 2.18. The van der Waals surface area contributed by atoms with E-state index in [-0.39, 0.29) is 5.82 Å². The van der Waals surface area contributed by atoms with Gasteiger partial charge in [0.2, 0.25) is 0 Å². The van der Waals surface area contributed by atoms with Crippen molar-refractivity contribution in [3.05, 3.63) is 30.9 Å². The maximum absolute atomic E-state index is 12.3. The molecule has 4 nitrogen and oxygen atoms in total. The van der Waals surface area contributed by atoms with Gasteiger partial charge in [-0.2, -0.15) is 13.2 Å². The zero-order valence-electron chi connectivity index (χ0n) is 8.65. The summed E-state index contributed by atoms with van der Waals surface area (Å²) in [5, 5.41) is 0. The topological polar surface area (TPSA) is 56.7 Å². The van der Waals surface area contributed by atoms with Crippen LogP contribution in [0.5, 0.6) is 0 Å². The van der Waals surface area contributed by atoms with Crippen molar-refractivity contribution in [1.29, 1.82) is 0 Å². The van der Waals surface area contributed by atoms with E-state index in [4.69, 9.17) is 5.73 Å². The molecule has 2 heterocycles. The van der Waals surface area contributed by atoms with Crippen LogP contribution >= 0.6 is 0 Å². The van der Waals surface area contributed by atoms with E-state index in [0.717, 1.165) is 10.9 Å². The molecule has 2 aromatic heterocycles. The van der Waals surface area contributed by atoms with E-state index >= 15 is 0 Å². The lowest BCUT2D eigenvalue weighted by molar-refractivity contribution is -0.140. The van der Waals surface area contributed by atoms with Crippen LogP contribution in [0.3, 0.4) is 0 Å². The van der Waals surface area contributed by atoms with Crippen molar-refractivity contribution >= 4 is 5.82 Å². The lowest BCUT2D eigenvalue weighted by atomic mass is 10.2. The minimum Gasteiger partial charge on any atom is -0.383 e. The number of imidazole rings is 1. The summed E-state index contributed by atoms with van der Waals surface area (Å²) in [5.41, 5.74) is 6.35. The number of aromatic nitrogens is 3. The van der Waals surface area contributed by atoms with Crippen molar-refractivity contribution in [2.24, 2.45) is 0 Å². The van der Waals surface area contributed by atoms with Crippen LogP contribution in [0.2, 0.25) is 0 Å². The van der Waals surface area contributed by atoms with E-state index in [2.05, 4.69) is 9.97 Å². The van der Waals surface area contributed by atoms with Gasteiger partial charge in [0.1, 0.15) is 12.4 Å². The molecule has 0 radical (unpaired) electrons. The second-order valence-corrected chi connectivity index (χ2v) is 3.46. The number of nitrogens with zero attached hydrogens (tertiary/aromatic N) is 3. The van der Waals surface area contributed by atoms with Crippen LogP contribution in [0.25, 0.3) is 11.3 Å². The van der Waals surface area contributed by atoms with E-state index in [1.165, 1.54) is 12.4 Å². The predicted molar refractivity (Wildman–Crippen MR) is 55.9 cm³/mol. The molecular formula is C10H9F3N4. The lowest BCUT2D eigenvalue weighted by Gasteiger charge is -2.11. The third-order valence-corrected chi connectivity index (χ3v) is 2.18. The molecule has 2 rings (SSSR count). The van der Waals surface area contributed by atoms with Gasteiger partial charge in [-0.1, -0.05) is 0 Å². The molecule has 0 atom stereocenters. The van der Waals surface area contributed by atoms with Gasteiger partial charge in [-0.25, -0.2) is 9.97 Å². The minimum atomic E-state index is -4.30. The lowest BCUT2D eigenvalue weighted by Crippen LogP contribution is -2.17. The fourth-order valence-corrected chi connectivity index (χ4v) is 1.50. The maximum Gasteiger partial charge on any atom is 0.406 e. The largest absolute Gasteiger partial charge is 0.406 e. The second-order valence-electron chi connectivity index (χ2n) is 3.46. The molecule has 2 N–H and O–H groups in total. The third kappa shape index (κ3) is 2.55. The van der Waals surface area contributed by atoms with Gasteiger partial charge < -0.3 is 10.3 Å². The Labute approximate surface area is 94.9 Å². The Kier molecular flexibility index (Phi) is 2.74. The molecule has 0 aliphatic carbocycles. The average Bonchev–Trinajstić information content (AvgIpc) is 2.64. The molecule has 0 aromatic carbocycles. The number of hydrogen-bond acceptors (Lipinski definition) is 3. The normalized spacial score (nSPS) is 11.7. The monoisotopic (exact) mass is 242 g/mol. The number of rotatable bonds is 2. The molecule has 0 aliphatic heterocycles. The van der Waals surface area contributed by atoms with Crippen LogP contribution < -0.4 is 5.73 Å². The Balaban J connectivity index is 2.41. The summed E-state index contributed by atoms with van der Waals surface area (Å²) in [6, 6.07) is 3.21. The summed E-state index contributed by atoms with van der Waals surface area (Å²) in [4.78, 5) is 7.53. The smallest absolute Gasteiger partial charge is 0.383 e. The van der Waals surface area contributed by atoms with Gasteiger partial charge in [-0.15, -0.1) is 0 Å². The van der Waals surface area contributed by atoms with Crippen LogP contribution in [0.4, 0.5) is 19.0 Å². The van der Waals surface area contributed by atoms with E-state index in [1.54, 1.807) is 12.1 Å². The quantitative estimate of drug-likeness (QED) is 0.877. The highest BCUT2D eigenvalue weighted by Gasteiger charge is 2.29. The highest BCUT2D eigenvalue weighted by molar-refractivity contribution is 5.70. The molecule has 0 spiro atoms. The Morgan fingerprint density at radius 3 is 2.76 bits per heavy atom. The van der Waals surface area contributed by atoms with Gasteiger partial charge in [0.15, 0.2) is 0 Å². The molecule has 2 aromatic rings. The maximum atomic E-state index is 12.3. The number of halogens is 3. The molecule has 17 heavy (non-hydrogen) atoms. The Hall–Kier alpha value is -2.05. The molecule has 0 bridgehead atoms. The summed E-state index contributed by atoms with van der Waals surface area (Å²) >= 11 is 0. The fourth-order valence-electron chi connectivity index (χ4n) is 1.50. The van der Waals surface area contributed by atoms with Crippen LogP contribution in [0.15, 0.2) is 30.9 Å². The molecule has 0 saturated heterocycles. The number of hydrogen-bond donors (Lipinski definition) is 1. The summed E-state index contributed by atoms with van der Waals surface area (Å²) in [5.74, 6) is 0.177. The fraction of sp³-hybridized carbons (Fsp3) is 0.200. The second kappa shape index (κ2) is 4.08. The zero-order chi connectivity index (χ0) is 12.5. The van der Waals surface area contributed by atoms with Gasteiger partial charge in [0.25, 0.3) is 0 Å². The molecule has 90 valence electrons. The summed E-state index contributed by atoms with van der Waals surface area (Å²) < 4.78 is 38.0. The Bertz CT molecular complexity index is 518. The summed E-state index contributed by atoms with van der Waals surface area (Å²) in [7, 11) is 0. The van der Waals surface area contributed by atoms with Gasteiger partial charge in [0.05, 0.1) is 18.2 Å². The number of alkyl halides is 3. The number of nitrogen functional groups attached to an aromatic ring is 1. The zero-order valence-corrected chi connectivity index (χ0v) is 8.65. The van der Waals surface area contributed by atoms with Gasteiger partial charge >= 0.3 is 6.18 Å². The SMILES string of the molecule is Nc1ncccc1-c1cncn1CC(F)(F)F. The summed E-state index contributed by atoms with van der Waals surface area (Å²) in [6.07, 6.45) is -0.371. The van der Waals surface area contributed by atoms with E-state index < -0.39 is 12.7 Å². The first-order valence-corrected chi connectivity index (χ1v) is 4.75. The van der Waals surface area contributed by atoms with Crippen molar-refractivity contribution < 1.29 is 13.2 Å². The molecular weight excluding hydrogens is 233 g/mol. The van der Waals surface area contributed by atoms with Crippen molar-refractivity contribution in [2.45, 2.75) is 12.7 Å². The molecule has 0 amide bonds. The van der Waals surface area contributed by atoms with Crippen molar-refractivity contribution in [1.82, 2.24) is 14.5 Å². The van der Waals surface area contributed by atoms with Crippen molar-refractivity contribution in [2.75, 3.05) is 5.73 Å². The Morgan fingerprint density at radius 1 is 1.35 bits per heavy atom. The van der Waals surface area contributed by atoms with Crippen LogP contribution in [0, 0.1) is 0 Å². The Morgan fingerprint density at radius 2 is 2.12 bits per heavy atom. The van der Waals surface area contributed by atoms with Crippen LogP contribution in [0.1, 0.15) is 0 Å². The highest BCUT2D eigenvalue weighted by atomic mass is 19.4. The molecule has 0 unspecified atom stereocenters. The predicted octanol–water partition coefficient (Wildman–Crippen LogP) is 2.09.